The van der Waals surface area contributed by atoms with Crippen molar-refractivity contribution in [1.82, 2.24) is 10.3 Å². The Morgan fingerprint density at radius 1 is 1.23 bits per heavy atom. The molecule has 2 heterocycles. The topological polar surface area (TPSA) is 129 Å². The number of hydrogen-bond donors (Lipinski definition) is 3. The summed E-state index contributed by atoms with van der Waals surface area (Å²) < 4.78 is 11.6. The zero-order valence-electron chi connectivity index (χ0n) is 19.7. The van der Waals surface area contributed by atoms with E-state index in [1.165, 1.54) is 10.9 Å². The molecule has 0 saturated heterocycles. The molecule has 35 heavy (non-hydrogen) atoms. The Balaban J connectivity index is 1.58. The zero-order valence-corrected chi connectivity index (χ0v) is 19.7. The smallest absolute Gasteiger partial charge is 0.388 e. The van der Waals surface area contributed by atoms with Crippen LogP contribution in [0, 0.1) is 0 Å². The van der Waals surface area contributed by atoms with E-state index >= 15 is 0 Å². The average Bonchev–Trinajstić information content (AvgIpc) is 2.86. The molecule has 0 fully saturated rings. The van der Waals surface area contributed by atoms with Crippen molar-refractivity contribution in [3.8, 4) is 5.75 Å². The maximum absolute atomic E-state index is 12.4. The molecule has 1 amide bonds. The van der Waals surface area contributed by atoms with Gasteiger partial charge in [-0.05, 0) is 59.5 Å². The van der Waals surface area contributed by atoms with Gasteiger partial charge in [0.1, 0.15) is 18.6 Å². The summed E-state index contributed by atoms with van der Waals surface area (Å²) in [6.45, 7) is 2.78. The van der Waals surface area contributed by atoms with Gasteiger partial charge >= 0.3 is 11.9 Å². The third kappa shape index (κ3) is 5.43. The number of anilines is 3. The summed E-state index contributed by atoms with van der Waals surface area (Å²) in [4.78, 5) is 34.7. The van der Waals surface area contributed by atoms with Crippen LogP contribution in [0.1, 0.15) is 38.8 Å². The first-order chi connectivity index (χ1) is 17.0. The monoisotopic (exact) mass is 478 g/mol. The molecule has 4 rings (SSSR count). The van der Waals surface area contributed by atoms with E-state index in [9.17, 15) is 9.59 Å². The molecule has 1 aromatic heterocycles. The minimum absolute atomic E-state index is 0.0630. The van der Waals surface area contributed by atoms with Gasteiger partial charge in [0.2, 0.25) is 5.82 Å². The number of amides is 1. The van der Waals surface area contributed by atoms with E-state index < -0.39 is 5.97 Å². The van der Waals surface area contributed by atoms with Gasteiger partial charge < -0.3 is 25.4 Å². The van der Waals surface area contributed by atoms with Crippen molar-refractivity contribution in [2.24, 2.45) is 0 Å². The highest BCUT2D eigenvalue weighted by molar-refractivity contribution is 5.97. The summed E-state index contributed by atoms with van der Waals surface area (Å²) >= 11 is 0. The van der Waals surface area contributed by atoms with Gasteiger partial charge in [0.15, 0.2) is 5.56 Å². The third-order valence-electron chi connectivity index (χ3n) is 5.55. The van der Waals surface area contributed by atoms with E-state index in [1.807, 2.05) is 30.3 Å². The predicted molar refractivity (Wildman–Crippen MR) is 129 cm³/mol. The second kappa shape index (κ2) is 10.7. The van der Waals surface area contributed by atoms with Crippen LogP contribution in [-0.4, -0.2) is 43.7 Å². The fourth-order valence-electron chi connectivity index (χ4n) is 3.73. The SMILES string of the molecule is CCOC(=O)c1cnc(Nc2ccc3c(c2)CCNC3=O)[n+](OCCc2ccc(OC)cc2)c1N. The lowest BCUT2D eigenvalue weighted by Crippen LogP contribution is -2.49. The summed E-state index contributed by atoms with van der Waals surface area (Å²) in [7, 11) is 1.62. The number of nitrogen functional groups attached to an aromatic ring is 1. The average molecular weight is 479 g/mol. The van der Waals surface area contributed by atoms with Crippen molar-refractivity contribution in [2.45, 2.75) is 19.8 Å². The molecule has 1 aliphatic heterocycles. The standard InChI is InChI=1S/C25H27N5O5/c1-3-34-24(32)21-15-28-25(29-18-6-9-20-17(14-18)10-12-27-23(20)31)30(22(21)26)35-13-11-16-4-7-19(33-2)8-5-16/h4-9,14-15H,3,10-13H2,1-2H3,(H3,26,27,28,29,31,32)/p+1. The van der Waals surface area contributed by atoms with Crippen molar-refractivity contribution in [3.63, 3.8) is 0 Å². The first kappa shape index (κ1) is 23.8. The number of methoxy groups -OCH3 is 1. The van der Waals surface area contributed by atoms with Crippen LogP contribution in [0.3, 0.4) is 0 Å². The molecular formula is C25H28N5O5+. The van der Waals surface area contributed by atoms with E-state index in [4.69, 9.17) is 20.0 Å². The molecule has 4 N–H and O–H groups in total. The van der Waals surface area contributed by atoms with E-state index in [0.29, 0.717) is 24.2 Å². The Bertz CT molecular complexity index is 1230. The predicted octanol–water partition coefficient (Wildman–Crippen LogP) is 1.84. The minimum atomic E-state index is -0.587. The van der Waals surface area contributed by atoms with Crippen LogP contribution in [0.2, 0.25) is 0 Å². The first-order valence-electron chi connectivity index (χ1n) is 11.3. The second-order valence-corrected chi connectivity index (χ2v) is 7.83. The van der Waals surface area contributed by atoms with Crippen LogP contribution < -0.4 is 30.7 Å². The van der Waals surface area contributed by atoms with E-state index in [2.05, 4.69) is 15.6 Å². The molecule has 0 radical (unpaired) electrons. The number of nitrogens with zero attached hydrogens (tertiary/aromatic N) is 2. The first-order valence-corrected chi connectivity index (χ1v) is 11.3. The van der Waals surface area contributed by atoms with Crippen molar-refractivity contribution in [1.29, 1.82) is 0 Å². The number of carbonyl (C=O) groups is 2. The fourth-order valence-corrected chi connectivity index (χ4v) is 3.73. The fraction of sp³-hybridized carbons (Fsp3) is 0.280. The Hall–Kier alpha value is -4.34. The summed E-state index contributed by atoms with van der Waals surface area (Å²) in [5, 5.41) is 6.02. The Morgan fingerprint density at radius 3 is 2.77 bits per heavy atom. The normalized spacial score (nSPS) is 12.3. The number of rotatable bonds is 9. The number of fused-ring (bicyclic) bond motifs is 1. The van der Waals surface area contributed by atoms with Crippen LogP contribution in [0.4, 0.5) is 17.5 Å². The summed E-state index contributed by atoms with van der Waals surface area (Å²) in [6.07, 6.45) is 2.67. The molecule has 0 spiro atoms. The lowest BCUT2D eigenvalue weighted by molar-refractivity contribution is -0.870. The maximum Gasteiger partial charge on any atom is 0.388 e. The Morgan fingerprint density at radius 2 is 2.03 bits per heavy atom. The van der Waals surface area contributed by atoms with Crippen LogP contribution in [0.25, 0.3) is 0 Å². The number of nitrogens with two attached hydrogens (primary N) is 1. The van der Waals surface area contributed by atoms with Crippen LogP contribution in [0.15, 0.2) is 48.7 Å². The Labute approximate surface area is 203 Å². The number of hydrogen-bond acceptors (Lipinski definition) is 8. The molecule has 0 atom stereocenters. The number of ether oxygens (including phenoxy) is 2. The van der Waals surface area contributed by atoms with Crippen LogP contribution >= 0.6 is 0 Å². The van der Waals surface area contributed by atoms with E-state index in [1.54, 1.807) is 26.2 Å². The molecule has 0 saturated carbocycles. The molecule has 0 bridgehead atoms. The van der Waals surface area contributed by atoms with Gasteiger partial charge in [0.25, 0.3) is 5.91 Å². The van der Waals surface area contributed by atoms with Crippen molar-refractivity contribution < 1.29 is 28.6 Å². The molecule has 2 aromatic carbocycles. The minimum Gasteiger partial charge on any atom is -0.497 e. The molecule has 0 aliphatic carbocycles. The molecule has 0 unspecified atom stereocenters. The largest absolute Gasteiger partial charge is 0.497 e. The number of aromatic nitrogens is 2. The number of nitrogens with one attached hydrogen (secondary N) is 2. The molecule has 3 aromatic rings. The van der Waals surface area contributed by atoms with E-state index in [-0.39, 0.29) is 36.5 Å². The molecular weight excluding hydrogens is 450 g/mol. The van der Waals surface area contributed by atoms with Gasteiger partial charge in [-0.3, -0.25) is 10.1 Å². The van der Waals surface area contributed by atoms with Gasteiger partial charge in [-0.25, -0.2) is 4.79 Å². The molecule has 1 aliphatic rings. The summed E-state index contributed by atoms with van der Waals surface area (Å²) in [6, 6.07) is 13.1. The summed E-state index contributed by atoms with van der Waals surface area (Å²) in [5.74, 6) is 0.444. The van der Waals surface area contributed by atoms with Gasteiger partial charge in [0.05, 0.1) is 19.4 Å². The van der Waals surface area contributed by atoms with E-state index in [0.717, 1.165) is 23.3 Å². The Kier molecular flexibility index (Phi) is 7.30. The van der Waals surface area contributed by atoms with Crippen LogP contribution in [-0.2, 0) is 17.6 Å². The number of benzene rings is 2. The van der Waals surface area contributed by atoms with Gasteiger partial charge in [-0.2, -0.15) is 0 Å². The number of esters is 1. The lowest BCUT2D eigenvalue weighted by Gasteiger charge is -2.17. The zero-order chi connectivity index (χ0) is 24.8. The number of carbonyl (C=O) groups excluding carboxylic acids is 2. The summed E-state index contributed by atoms with van der Waals surface area (Å²) in [5.41, 5.74) is 9.74. The van der Waals surface area contributed by atoms with Gasteiger partial charge in [0, 0.05) is 18.5 Å². The highest BCUT2D eigenvalue weighted by atomic mass is 16.7. The van der Waals surface area contributed by atoms with Gasteiger partial charge in [-0.15, -0.1) is 4.98 Å². The molecule has 10 nitrogen and oxygen atoms in total. The van der Waals surface area contributed by atoms with Crippen molar-refractivity contribution in [2.75, 3.05) is 37.9 Å². The van der Waals surface area contributed by atoms with Gasteiger partial charge in [-0.1, -0.05) is 12.1 Å². The second-order valence-electron chi connectivity index (χ2n) is 7.83. The lowest BCUT2D eigenvalue weighted by atomic mass is 10.00. The quantitative estimate of drug-likeness (QED) is 0.314. The highest BCUT2D eigenvalue weighted by Gasteiger charge is 2.25. The molecule has 182 valence electrons. The third-order valence-corrected chi connectivity index (χ3v) is 5.55. The van der Waals surface area contributed by atoms with Crippen molar-refractivity contribution in [3.05, 3.63) is 70.9 Å². The maximum atomic E-state index is 12.4. The molecule has 10 heteroatoms. The highest BCUT2D eigenvalue weighted by Crippen LogP contribution is 2.21. The van der Waals surface area contributed by atoms with Crippen LogP contribution in [0.5, 0.6) is 5.75 Å². The van der Waals surface area contributed by atoms with Crippen molar-refractivity contribution >= 4 is 29.3 Å².